The first-order valence-electron chi connectivity index (χ1n) is 13.4. The number of carbonyl (C=O) groups excluding carboxylic acids is 1. The quantitative estimate of drug-likeness (QED) is 0.275. The number of unbranched alkanes of at least 4 members (excludes halogenated alkanes) is 1. The SMILES string of the molecule is CCCCc1nc(C)nc(OCC(=O)N(CC)CC)c1Cc1ccc(-c2ccccc2-c2noc(=O)[nH]2)cc1. The van der Waals surface area contributed by atoms with Crippen molar-refractivity contribution in [1.82, 2.24) is 25.0 Å². The minimum absolute atomic E-state index is 0.0573. The molecule has 204 valence electrons. The van der Waals surface area contributed by atoms with Gasteiger partial charge in [-0.25, -0.2) is 9.78 Å². The van der Waals surface area contributed by atoms with Crippen LogP contribution in [0.4, 0.5) is 0 Å². The van der Waals surface area contributed by atoms with Crippen LogP contribution in [-0.2, 0) is 17.6 Å². The summed E-state index contributed by atoms with van der Waals surface area (Å²) in [4.78, 5) is 37.8. The Kier molecular flexibility index (Phi) is 9.25. The van der Waals surface area contributed by atoms with Crippen molar-refractivity contribution in [1.29, 1.82) is 0 Å². The van der Waals surface area contributed by atoms with E-state index >= 15 is 0 Å². The Balaban J connectivity index is 1.62. The lowest BCUT2D eigenvalue weighted by Crippen LogP contribution is -2.34. The zero-order chi connectivity index (χ0) is 27.8. The molecule has 0 aliphatic rings. The Hall–Kier alpha value is -4.27. The van der Waals surface area contributed by atoms with Crippen LogP contribution in [0.3, 0.4) is 0 Å². The van der Waals surface area contributed by atoms with E-state index < -0.39 is 5.76 Å². The van der Waals surface area contributed by atoms with Crippen LogP contribution in [0.5, 0.6) is 5.88 Å². The van der Waals surface area contributed by atoms with Gasteiger partial charge < -0.3 is 9.64 Å². The molecular formula is C30H35N5O4. The highest BCUT2D eigenvalue weighted by Crippen LogP contribution is 2.31. The lowest BCUT2D eigenvalue weighted by atomic mass is 9.96. The van der Waals surface area contributed by atoms with Gasteiger partial charge >= 0.3 is 5.76 Å². The number of nitrogens with zero attached hydrogens (tertiary/aromatic N) is 4. The highest BCUT2D eigenvalue weighted by atomic mass is 16.5. The van der Waals surface area contributed by atoms with Crippen molar-refractivity contribution in [2.75, 3.05) is 19.7 Å². The minimum atomic E-state index is -0.592. The predicted octanol–water partition coefficient (Wildman–Crippen LogP) is 4.98. The Morgan fingerprint density at radius 1 is 1.00 bits per heavy atom. The number of aromatic nitrogens is 4. The zero-order valence-corrected chi connectivity index (χ0v) is 23.0. The molecule has 2 aromatic carbocycles. The summed E-state index contributed by atoms with van der Waals surface area (Å²) in [6.07, 6.45) is 3.44. The molecule has 2 heterocycles. The molecule has 0 saturated carbocycles. The highest BCUT2D eigenvalue weighted by Gasteiger charge is 2.18. The average molecular weight is 530 g/mol. The zero-order valence-electron chi connectivity index (χ0n) is 23.0. The molecule has 0 aliphatic carbocycles. The summed E-state index contributed by atoms with van der Waals surface area (Å²) in [6.45, 7) is 9.13. The topological polar surface area (TPSA) is 114 Å². The molecule has 39 heavy (non-hydrogen) atoms. The van der Waals surface area contributed by atoms with Gasteiger partial charge in [0.25, 0.3) is 5.91 Å². The number of hydrogen-bond acceptors (Lipinski definition) is 7. The smallest absolute Gasteiger partial charge is 0.439 e. The van der Waals surface area contributed by atoms with Crippen molar-refractivity contribution in [2.24, 2.45) is 0 Å². The van der Waals surface area contributed by atoms with Crippen LogP contribution in [0.15, 0.2) is 57.8 Å². The standard InChI is InChI=1S/C30H35N5O4/c1-5-8-13-26-25(29(32-20(4)31-26)38-19-27(36)35(6-2)7-3)18-21-14-16-22(17-15-21)23-11-9-10-12-24(23)28-33-30(37)39-34-28/h9-12,14-17H,5-8,13,18-19H2,1-4H3,(H,33,34,37). The van der Waals surface area contributed by atoms with E-state index in [1.165, 1.54) is 0 Å². The van der Waals surface area contributed by atoms with Crippen molar-refractivity contribution in [3.8, 4) is 28.4 Å². The molecular weight excluding hydrogens is 494 g/mol. The molecule has 1 amide bonds. The molecule has 4 aromatic rings. The second-order valence-electron chi connectivity index (χ2n) is 9.32. The summed E-state index contributed by atoms with van der Waals surface area (Å²) in [5.41, 5.74) is 5.61. The lowest BCUT2D eigenvalue weighted by molar-refractivity contribution is -0.133. The van der Waals surface area contributed by atoms with Gasteiger partial charge in [-0.05, 0) is 50.3 Å². The Morgan fingerprint density at radius 2 is 1.72 bits per heavy atom. The number of benzene rings is 2. The van der Waals surface area contributed by atoms with Gasteiger partial charge in [-0.15, -0.1) is 0 Å². The molecule has 0 atom stereocenters. The maximum Gasteiger partial charge on any atom is 0.439 e. The lowest BCUT2D eigenvalue weighted by Gasteiger charge is -2.20. The molecule has 0 bridgehead atoms. The second-order valence-corrected chi connectivity index (χ2v) is 9.32. The van der Waals surface area contributed by atoms with E-state index in [-0.39, 0.29) is 12.5 Å². The van der Waals surface area contributed by atoms with E-state index in [4.69, 9.17) is 14.2 Å². The fourth-order valence-electron chi connectivity index (χ4n) is 4.56. The van der Waals surface area contributed by atoms with Crippen LogP contribution in [0.1, 0.15) is 56.3 Å². The van der Waals surface area contributed by atoms with Crippen LogP contribution in [0, 0.1) is 6.92 Å². The van der Waals surface area contributed by atoms with Crippen molar-refractivity contribution >= 4 is 5.91 Å². The number of ether oxygens (including phenoxy) is 1. The van der Waals surface area contributed by atoms with Gasteiger partial charge in [0.05, 0.1) is 5.69 Å². The Morgan fingerprint density at radius 3 is 2.36 bits per heavy atom. The van der Waals surface area contributed by atoms with Crippen molar-refractivity contribution < 1.29 is 14.1 Å². The van der Waals surface area contributed by atoms with Crippen LogP contribution in [0.2, 0.25) is 0 Å². The minimum Gasteiger partial charge on any atom is -0.467 e. The van der Waals surface area contributed by atoms with Crippen molar-refractivity contribution in [3.63, 3.8) is 0 Å². The monoisotopic (exact) mass is 529 g/mol. The van der Waals surface area contributed by atoms with Crippen molar-refractivity contribution in [2.45, 2.75) is 53.4 Å². The van der Waals surface area contributed by atoms with Crippen LogP contribution < -0.4 is 10.5 Å². The fourth-order valence-corrected chi connectivity index (χ4v) is 4.56. The number of rotatable bonds is 12. The first-order chi connectivity index (χ1) is 18.9. The normalized spacial score (nSPS) is 11.0. The van der Waals surface area contributed by atoms with Gasteiger partial charge in [0.15, 0.2) is 12.4 Å². The molecule has 0 aliphatic heterocycles. The number of nitrogens with one attached hydrogen (secondary N) is 1. The summed E-state index contributed by atoms with van der Waals surface area (Å²) >= 11 is 0. The molecule has 9 nitrogen and oxygen atoms in total. The van der Waals surface area contributed by atoms with Crippen LogP contribution in [-0.4, -0.2) is 50.6 Å². The van der Waals surface area contributed by atoms with Gasteiger partial charge in [0.2, 0.25) is 5.88 Å². The van der Waals surface area contributed by atoms with Gasteiger partial charge in [0.1, 0.15) is 5.82 Å². The van der Waals surface area contributed by atoms with E-state index in [2.05, 4.69) is 34.2 Å². The van der Waals surface area contributed by atoms with Gasteiger partial charge in [-0.2, -0.15) is 4.98 Å². The first-order valence-corrected chi connectivity index (χ1v) is 13.4. The molecule has 0 radical (unpaired) electrons. The van der Waals surface area contributed by atoms with Crippen LogP contribution in [0.25, 0.3) is 22.5 Å². The number of aryl methyl sites for hydroxylation is 2. The highest BCUT2D eigenvalue weighted by molar-refractivity contribution is 5.80. The van der Waals surface area contributed by atoms with Gasteiger partial charge in [-0.1, -0.05) is 67.0 Å². The number of likely N-dealkylation sites (N-methyl/N-ethyl adjacent to an activating group) is 1. The van der Waals surface area contributed by atoms with Crippen LogP contribution >= 0.6 is 0 Å². The fraction of sp³-hybridized carbons (Fsp3) is 0.367. The number of H-pyrrole nitrogens is 1. The summed E-state index contributed by atoms with van der Waals surface area (Å²) in [5, 5.41) is 3.85. The van der Waals surface area contributed by atoms with E-state index in [0.29, 0.717) is 37.0 Å². The molecule has 1 N–H and O–H groups in total. The Bertz CT molecular complexity index is 1450. The van der Waals surface area contributed by atoms with E-state index in [1.54, 1.807) is 4.90 Å². The number of aromatic amines is 1. The molecule has 0 unspecified atom stereocenters. The predicted molar refractivity (Wildman–Crippen MR) is 150 cm³/mol. The maximum absolute atomic E-state index is 12.6. The summed E-state index contributed by atoms with van der Waals surface area (Å²) < 4.78 is 10.7. The molecule has 2 aromatic heterocycles. The average Bonchev–Trinajstić information content (AvgIpc) is 3.39. The summed E-state index contributed by atoms with van der Waals surface area (Å²) in [5.74, 6) is 0.838. The maximum atomic E-state index is 12.6. The van der Waals surface area contributed by atoms with Gasteiger partial charge in [0, 0.05) is 30.6 Å². The molecule has 0 saturated heterocycles. The third kappa shape index (κ3) is 6.79. The van der Waals surface area contributed by atoms with Crippen molar-refractivity contribution in [3.05, 3.63) is 81.7 Å². The van der Waals surface area contributed by atoms with E-state index in [9.17, 15) is 9.59 Å². The molecule has 0 fully saturated rings. The molecule has 4 rings (SSSR count). The number of carbonyl (C=O) groups is 1. The summed E-state index contributed by atoms with van der Waals surface area (Å²) in [7, 11) is 0. The third-order valence-corrected chi connectivity index (χ3v) is 6.65. The number of hydrogen-bond donors (Lipinski definition) is 1. The van der Waals surface area contributed by atoms with E-state index in [1.807, 2.05) is 57.2 Å². The summed E-state index contributed by atoms with van der Waals surface area (Å²) in [6, 6.07) is 15.9. The molecule has 9 heteroatoms. The largest absolute Gasteiger partial charge is 0.467 e. The van der Waals surface area contributed by atoms with Gasteiger partial charge in [-0.3, -0.25) is 14.3 Å². The second kappa shape index (κ2) is 13.0. The Labute approximate surface area is 228 Å². The van der Waals surface area contributed by atoms with E-state index in [0.717, 1.165) is 52.8 Å². The molecule has 0 spiro atoms. The first kappa shape index (κ1) is 27.8. The number of amides is 1. The third-order valence-electron chi connectivity index (χ3n) is 6.65.